The number of benzene rings is 1. The maximum atomic E-state index is 12.0. The molecule has 0 aliphatic carbocycles. The maximum absolute atomic E-state index is 12.0. The Labute approximate surface area is 160 Å². The molecule has 1 aromatic carbocycles. The minimum Gasteiger partial charge on any atom is -0.355 e. The fourth-order valence-electron chi connectivity index (χ4n) is 2.92. The third-order valence-electron chi connectivity index (χ3n) is 4.46. The van der Waals surface area contributed by atoms with Crippen LogP contribution in [-0.2, 0) is 11.2 Å². The molecule has 1 aromatic rings. The molecule has 1 rings (SSSR count). The summed E-state index contributed by atoms with van der Waals surface area (Å²) >= 11 is 0. The zero-order chi connectivity index (χ0) is 17.5. The van der Waals surface area contributed by atoms with Gasteiger partial charge in [0.15, 0.2) is 0 Å². The summed E-state index contributed by atoms with van der Waals surface area (Å²) in [4.78, 5) is 12.0. The van der Waals surface area contributed by atoms with Crippen LogP contribution in [0.4, 0.5) is 0 Å². The molecular weight excluding hydrogens is 332 g/mol. The van der Waals surface area contributed by atoms with Gasteiger partial charge in [0.05, 0.1) is 6.04 Å². The van der Waals surface area contributed by atoms with Gasteiger partial charge in [-0.05, 0) is 18.4 Å². The van der Waals surface area contributed by atoms with E-state index in [-0.39, 0.29) is 18.3 Å². The molecule has 0 heterocycles. The molecule has 0 aromatic heterocycles. The van der Waals surface area contributed by atoms with Crippen molar-refractivity contribution >= 4 is 18.3 Å². The van der Waals surface area contributed by atoms with E-state index in [1.54, 1.807) is 0 Å². The van der Waals surface area contributed by atoms with E-state index in [0.29, 0.717) is 6.42 Å². The van der Waals surface area contributed by atoms with Gasteiger partial charge in [-0.15, -0.1) is 12.4 Å². The lowest BCUT2D eigenvalue weighted by Gasteiger charge is -2.12. The van der Waals surface area contributed by atoms with Gasteiger partial charge in [-0.25, -0.2) is 0 Å². The van der Waals surface area contributed by atoms with Crippen LogP contribution in [-0.4, -0.2) is 18.5 Å². The highest BCUT2D eigenvalue weighted by Gasteiger charge is 2.12. The zero-order valence-electron chi connectivity index (χ0n) is 15.8. The molecule has 0 fully saturated rings. The average Bonchev–Trinajstić information content (AvgIpc) is 2.60. The zero-order valence-corrected chi connectivity index (χ0v) is 16.7. The molecule has 25 heavy (non-hydrogen) atoms. The average molecular weight is 369 g/mol. The van der Waals surface area contributed by atoms with Gasteiger partial charge in [0.2, 0.25) is 5.91 Å². The summed E-state index contributed by atoms with van der Waals surface area (Å²) < 4.78 is 0. The van der Waals surface area contributed by atoms with Crippen molar-refractivity contribution in [3.05, 3.63) is 35.9 Å². The van der Waals surface area contributed by atoms with E-state index in [4.69, 9.17) is 5.73 Å². The number of unbranched alkanes of at least 4 members (excludes halogenated alkanes) is 9. The Hall–Kier alpha value is -1.06. The first kappa shape index (κ1) is 23.9. The normalized spacial score (nSPS) is 11.6. The van der Waals surface area contributed by atoms with Gasteiger partial charge < -0.3 is 11.1 Å². The molecule has 0 bridgehead atoms. The Balaban J connectivity index is 0.00000576. The molecule has 0 aliphatic rings. The Morgan fingerprint density at radius 3 is 2.00 bits per heavy atom. The lowest BCUT2D eigenvalue weighted by atomic mass is 10.1. The number of halogens is 1. The molecule has 0 saturated heterocycles. The van der Waals surface area contributed by atoms with Crippen LogP contribution in [0.5, 0.6) is 0 Å². The minimum atomic E-state index is -0.449. The first-order valence-electron chi connectivity index (χ1n) is 9.81. The minimum absolute atomic E-state index is 0. The van der Waals surface area contributed by atoms with Gasteiger partial charge in [-0.3, -0.25) is 4.79 Å². The Morgan fingerprint density at radius 1 is 0.920 bits per heavy atom. The van der Waals surface area contributed by atoms with Crippen molar-refractivity contribution in [1.29, 1.82) is 0 Å². The molecule has 1 atom stereocenters. The monoisotopic (exact) mass is 368 g/mol. The third kappa shape index (κ3) is 12.9. The van der Waals surface area contributed by atoms with Crippen LogP contribution in [0.2, 0.25) is 0 Å². The first-order valence-corrected chi connectivity index (χ1v) is 9.81. The van der Waals surface area contributed by atoms with E-state index < -0.39 is 6.04 Å². The SMILES string of the molecule is CCCCCCCCCCCCNC(=O)[C@@H](N)Cc1ccccc1.Cl. The highest BCUT2D eigenvalue weighted by atomic mass is 35.5. The molecule has 0 spiro atoms. The summed E-state index contributed by atoms with van der Waals surface area (Å²) in [5.74, 6) is -0.0326. The van der Waals surface area contributed by atoms with Crippen LogP contribution in [0.25, 0.3) is 0 Å². The highest BCUT2D eigenvalue weighted by molar-refractivity contribution is 5.85. The van der Waals surface area contributed by atoms with E-state index in [1.807, 2.05) is 30.3 Å². The predicted molar refractivity (Wildman–Crippen MR) is 110 cm³/mol. The number of hydrogen-bond acceptors (Lipinski definition) is 2. The molecule has 1 amide bonds. The topological polar surface area (TPSA) is 55.1 Å². The number of rotatable bonds is 14. The van der Waals surface area contributed by atoms with Crippen molar-refractivity contribution in [2.45, 2.75) is 83.6 Å². The fourth-order valence-corrected chi connectivity index (χ4v) is 2.92. The van der Waals surface area contributed by atoms with Gasteiger partial charge in [-0.2, -0.15) is 0 Å². The Bertz CT molecular complexity index is 425. The van der Waals surface area contributed by atoms with Crippen LogP contribution in [0, 0.1) is 0 Å². The van der Waals surface area contributed by atoms with Gasteiger partial charge in [0.1, 0.15) is 0 Å². The van der Waals surface area contributed by atoms with Crippen LogP contribution in [0.15, 0.2) is 30.3 Å². The summed E-state index contributed by atoms with van der Waals surface area (Å²) in [7, 11) is 0. The molecule has 0 saturated carbocycles. The van der Waals surface area contributed by atoms with Crippen molar-refractivity contribution in [2.24, 2.45) is 5.73 Å². The van der Waals surface area contributed by atoms with Crippen LogP contribution in [0.1, 0.15) is 76.7 Å². The van der Waals surface area contributed by atoms with Gasteiger partial charge >= 0.3 is 0 Å². The predicted octanol–water partition coefficient (Wildman–Crippen LogP) is 5.02. The lowest BCUT2D eigenvalue weighted by Crippen LogP contribution is -2.42. The van der Waals surface area contributed by atoms with E-state index in [2.05, 4.69) is 12.2 Å². The van der Waals surface area contributed by atoms with Crippen molar-refractivity contribution in [1.82, 2.24) is 5.32 Å². The highest BCUT2D eigenvalue weighted by Crippen LogP contribution is 2.10. The fraction of sp³-hybridized carbons (Fsp3) is 0.667. The second-order valence-corrected chi connectivity index (χ2v) is 6.77. The summed E-state index contributed by atoms with van der Waals surface area (Å²) in [6.45, 7) is 3.01. The molecule has 4 heteroatoms. The standard InChI is InChI=1S/C21H36N2O.ClH/c1-2-3-4-5-6-7-8-9-10-14-17-23-21(24)20(22)18-19-15-12-11-13-16-19;/h11-13,15-16,20H,2-10,14,17-18,22H2,1H3,(H,23,24);1H/t20-;/m0./s1. The number of nitrogens with two attached hydrogens (primary N) is 1. The molecule has 3 N–H and O–H groups in total. The van der Waals surface area contributed by atoms with E-state index in [9.17, 15) is 4.79 Å². The number of hydrogen-bond donors (Lipinski definition) is 2. The number of carbonyl (C=O) groups is 1. The Kier molecular flexibility index (Phi) is 15.7. The second-order valence-electron chi connectivity index (χ2n) is 6.77. The van der Waals surface area contributed by atoms with Crippen molar-refractivity contribution in [2.75, 3.05) is 6.54 Å². The van der Waals surface area contributed by atoms with Crippen LogP contribution in [0.3, 0.4) is 0 Å². The number of amides is 1. The van der Waals surface area contributed by atoms with Crippen LogP contribution < -0.4 is 11.1 Å². The quantitative estimate of drug-likeness (QED) is 0.453. The number of nitrogens with one attached hydrogen (secondary N) is 1. The van der Waals surface area contributed by atoms with Crippen LogP contribution >= 0.6 is 12.4 Å². The van der Waals surface area contributed by atoms with Gasteiger partial charge in [0, 0.05) is 6.54 Å². The molecule has 0 aliphatic heterocycles. The largest absolute Gasteiger partial charge is 0.355 e. The van der Waals surface area contributed by atoms with E-state index in [0.717, 1.165) is 18.5 Å². The van der Waals surface area contributed by atoms with Gasteiger partial charge in [0.25, 0.3) is 0 Å². The van der Waals surface area contributed by atoms with E-state index in [1.165, 1.54) is 57.8 Å². The first-order chi connectivity index (χ1) is 11.7. The summed E-state index contributed by atoms with van der Waals surface area (Å²) in [5, 5.41) is 2.96. The molecule has 3 nitrogen and oxygen atoms in total. The molecule has 0 radical (unpaired) electrons. The van der Waals surface area contributed by atoms with E-state index >= 15 is 0 Å². The van der Waals surface area contributed by atoms with Crippen molar-refractivity contribution in [3.8, 4) is 0 Å². The molecule has 0 unspecified atom stereocenters. The number of carbonyl (C=O) groups excluding carboxylic acids is 1. The van der Waals surface area contributed by atoms with Crippen molar-refractivity contribution < 1.29 is 4.79 Å². The second kappa shape index (κ2) is 16.4. The third-order valence-corrected chi connectivity index (χ3v) is 4.46. The van der Waals surface area contributed by atoms with Gasteiger partial charge in [-0.1, -0.05) is 95.0 Å². The summed E-state index contributed by atoms with van der Waals surface area (Å²) in [6.07, 6.45) is 13.7. The maximum Gasteiger partial charge on any atom is 0.237 e. The lowest BCUT2D eigenvalue weighted by molar-refractivity contribution is -0.122. The Morgan fingerprint density at radius 2 is 1.44 bits per heavy atom. The summed E-state index contributed by atoms with van der Waals surface area (Å²) in [6, 6.07) is 9.49. The molecule has 144 valence electrons. The smallest absolute Gasteiger partial charge is 0.237 e. The van der Waals surface area contributed by atoms with Crippen molar-refractivity contribution in [3.63, 3.8) is 0 Å². The molecular formula is C21H37ClN2O. The summed E-state index contributed by atoms with van der Waals surface area (Å²) in [5.41, 5.74) is 7.08.